The van der Waals surface area contributed by atoms with Crippen LogP contribution in [0, 0.1) is 6.92 Å². The summed E-state index contributed by atoms with van der Waals surface area (Å²) in [6.07, 6.45) is 8.37. The first-order valence-corrected chi connectivity index (χ1v) is 6.14. The van der Waals surface area contributed by atoms with Crippen molar-refractivity contribution < 1.29 is 4.79 Å². The summed E-state index contributed by atoms with van der Waals surface area (Å²) in [4.78, 5) is 10.8. The summed E-state index contributed by atoms with van der Waals surface area (Å²) < 4.78 is 0. The van der Waals surface area contributed by atoms with Gasteiger partial charge in [0, 0.05) is 6.42 Å². The van der Waals surface area contributed by atoms with E-state index in [1.807, 2.05) is 24.3 Å². The lowest BCUT2D eigenvalue weighted by Gasteiger charge is -1.90. The van der Waals surface area contributed by atoms with Crippen LogP contribution in [-0.2, 0) is 4.79 Å². The van der Waals surface area contributed by atoms with Crippen LogP contribution < -0.4 is 0 Å². The Balaban J connectivity index is 0.000000181. The molecule has 0 unspecified atom stereocenters. The van der Waals surface area contributed by atoms with Gasteiger partial charge in [-0.1, -0.05) is 60.5 Å². The fourth-order valence-corrected chi connectivity index (χ4v) is 1.55. The molecule has 0 heterocycles. The highest BCUT2D eigenvalue weighted by atomic mass is 16.1. The van der Waals surface area contributed by atoms with E-state index < -0.39 is 0 Å². The second kappa shape index (κ2) is 7.61. The highest BCUT2D eigenvalue weighted by molar-refractivity contribution is 5.90. The second-order valence-corrected chi connectivity index (χ2v) is 4.13. The third-order valence-electron chi connectivity index (χ3n) is 2.63. The summed E-state index contributed by atoms with van der Waals surface area (Å²) in [7, 11) is 0. The Hall–Kier alpha value is -1.63. The average Bonchev–Trinajstić information content (AvgIpc) is 2.55. The molecule has 0 N–H and O–H groups in total. The number of benzene rings is 1. The predicted octanol–water partition coefficient (Wildman–Crippen LogP) is 4.24. The van der Waals surface area contributed by atoms with E-state index in [0.717, 1.165) is 12.8 Å². The van der Waals surface area contributed by atoms with Gasteiger partial charge >= 0.3 is 0 Å². The van der Waals surface area contributed by atoms with E-state index in [1.165, 1.54) is 11.1 Å². The lowest BCUT2D eigenvalue weighted by Crippen LogP contribution is -1.87. The number of carbonyl (C=O) groups excluding carboxylic acids is 1. The molecule has 0 aliphatic heterocycles. The van der Waals surface area contributed by atoms with Crippen LogP contribution in [0.25, 0.3) is 0 Å². The number of ketones is 1. The Labute approximate surface area is 104 Å². The minimum absolute atomic E-state index is 0.250. The molecule has 1 aromatic rings. The Morgan fingerprint density at radius 2 is 1.82 bits per heavy atom. The first-order valence-electron chi connectivity index (χ1n) is 6.14. The molecule has 1 aliphatic rings. The lowest BCUT2D eigenvalue weighted by atomic mass is 10.2. The minimum Gasteiger partial charge on any atom is -0.295 e. The Kier molecular flexibility index (Phi) is 6.02. The molecule has 1 nitrogen and oxygen atoms in total. The lowest BCUT2D eigenvalue weighted by molar-refractivity contribution is -0.114. The number of aryl methyl sites for hydroxylation is 1. The molecule has 0 bridgehead atoms. The first kappa shape index (κ1) is 13.4. The van der Waals surface area contributed by atoms with Gasteiger partial charge in [-0.2, -0.15) is 0 Å². The van der Waals surface area contributed by atoms with Gasteiger partial charge in [-0.15, -0.1) is 0 Å². The first-order chi connectivity index (χ1) is 8.22. The van der Waals surface area contributed by atoms with E-state index >= 15 is 0 Å². The smallest absolute Gasteiger partial charge is 0.156 e. The maximum atomic E-state index is 10.8. The average molecular weight is 228 g/mol. The number of hydrogen-bond donors (Lipinski definition) is 0. The van der Waals surface area contributed by atoms with Crippen molar-refractivity contribution in [2.45, 2.75) is 33.1 Å². The van der Waals surface area contributed by atoms with Crippen molar-refractivity contribution in [1.29, 1.82) is 0 Å². The van der Waals surface area contributed by atoms with Gasteiger partial charge in [-0.25, -0.2) is 0 Å². The van der Waals surface area contributed by atoms with Gasteiger partial charge in [0.1, 0.15) is 0 Å². The fraction of sp³-hybridized carbons (Fsp3) is 0.312. The van der Waals surface area contributed by atoms with Gasteiger partial charge < -0.3 is 0 Å². The summed E-state index contributed by atoms with van der Waals surface area (Å²) >= 11 is 0. The van der Waals surface area contributed by atoms with Crippen molar-refractivity contribution >= 4 is 5.78 Å². The molecule has 90 valence electrons. The van der Waals surface area contributed by atoms with Crippen LogP contribution in [-0.4, -0.2) is 5.78 Å². The van der Waals surface area contributed by atoms with Crippen molar-refractivity contribution in [3.63, 3.8) is 0 Å². The molecule has 0 spiro atoms. The number of carbonyl (C=O) groups is 1. The Morgan fingerprint density at radius 1 is 1.12 bits per heavy atom. The molecule has 2 rings (SSSR count). The van der Waals surface area contributed by atoms with Gasteiger partial charge in [-0.05, 0) is 25.8 Å². The van der Waals surface area contributed by atoms with E-state index in [1.54, 1.807) is 6.08 Å². The zero-order valence-corrected chi connectivity index (χ0v) is 10.6. The third-order valence-corrected chi connectivity index (χ3v) is 2.63. The zero-order chi connectivity index (χ0) is 12.5. The molecule has 1 aliphatic carbocycles. The van der Waals surface area contributed by atoms with E-state index in [2.05, 4.69) is 32.1 Å². The number of allylic oxidation sites excluding steroid dienone is 4. The molecule has 0 atom stereocenters. The molecule has 17 heavy (non-hydrogen) atoms. The molecule has 0 saturated carbocycles. The molecular formula is C16H20O. The van der Waals surface area contributed by atoms with Crippen molar-refractivity contribution in [3.8, 4) is 0 Å². The standard InChI is InChI=1S/C9H12O.C7H8/c1-2-8-4-3-5-9(10)7-6-8;1-7-5-3-2-4-6-7/h4,6-7H,2-3,5H2,1H3;2-6H,1H3. The largest absolute Gasteiger partial charge is 0.295 e. The monoisotopic (exact) mass is 228 g/mol. The normalized spacial score (nSPS) is 14.5. The van der Waals surface area contributed by atoms with Gasteiger partial charge in [0.05, 0.1) is 0 Å². The van der Waals surface area contributed by atoms with Crippen LogP contribution in [0.2, 0.25) is 0 Å². The van der Waals surface area contributed by atoms with Crippen LogP contribution in [0.5, 0.6) is 0 Å². The highest BCUT2D eigenvalue weighted by Crippen LogP contribution is 2.10. The van der Waals surface area contributed by atoms with Crippen molar-refractivity contribution in [1.82, 2.24) is 0 Å². The molecule has 1 aromatic carbocycles. The van der Waals surface area contributed by atoms with Crippen LogP contribution in [0.1, 0.15) is 31.7 Å². The molecule has 0 saturated heterocycles. The van der Waals surface area contributed by atoms with Crippen LogP contribution >= 0.6 is 0 Å². The Bertz CT molecular complexity index is 399. The number of rotatable bonds is 1. The van der Waals surface area contributed by atoms with Crippen molar-refractivity contribution in [2.24, 2.45) is 0 Å². The molecule has 0 fully saturated rings. The Morgan fingerprint density at radius 3 is 2.35 bits per heavy atom. The van der Waals surface area contributed by atoms with E-state index in [9.17, 15) is 4.79 Å². The molecule has 0 amide bonds. The molecular weight excluding hydrogens is 208 g/mol. The maximum Gasteiger partial charge on any atom is 0.156 e. The van der Waals surface area contributed by atoms with Crippen LogP contribution in [0.3, 0.4) is 0 Å². The predicted molar refractivity (Wildman–Crippen MR) is 72.9 cm³/mol. The van der Waals surface area contributed by atoms with E-state index in [4.69, 9.17) is 0 Å². The van der Waals surface area contributed by atoms with Crippen LogP contribution in [0.15, 0.2) is 54.1 Å². The van der Waals surface area contributed by atoms with E-state index in [-0.39, 0.29) is 5.78 Å². The third kappa shape index (κ3) is 5.86. The van der Waals surface area contributed by atoms with Gasteiger partial charge in [0.2, 0.25) is 0 Å². The summed E-state index contributed by atoms with van der Waals surface area (Å²) in [5, 5.41) is 0. The highest BCUT2D eigenvalue weighted by Gasteiger charge is 1.99. The van der Waals surface area contributed by atoms with E-state index in [0.29, 0.717) is 6.42 Å². The molecule has 0 radical (unpaired) electrons. The van der Waals surface area contributed by atoms with Crippen molar-refractivity contribution in [3.05, 3.63) is 59.7 Å². The number of hydrogen-bond acceptors (Lipinski definition) is 1. The SMILES string of the molecule is CCC1=CCCC(=O)C=C1.Cc1ccccc1. The fourth-order valence-electron chi connectivity index (χ4n) is 1.55. The summed E-state index contributed by atoms with van der Waals surface area (Å²) in [6.45, 7) is 4.19. The minimum atomic E-state index is 0.250. The molecule has 0 aromatic heterocycles. The zero-order valence-electron chi connectivity index (χ0n) is 10.6. The second-order valence-electron chi connectivity index (χ2n) is 4.13. The van der Waals surface area contributed by atoms with Gasteiger partial charge in [-0.3, -0.25) is 4.79 Å². The van der Waals surface area contributed by atoms with Crippen molar-refractivity contribution in [2.75, 3.05) is 0 Å². The summed E-state index contributed by atoms with van der Waals surface area (Å²) in [5.41, 5.74) is 2.60. The van der Waals surface area contributed by atoms with Gasteiger partial charge in [0.15, 0.2) is 5.78 Å². The quantitative estimate of drug-likeness (QED) is 0.702. The summed E-state index contributed by atoms with van der Waals surface area (Å²) in [6, 6.07) is 10.3. The summed E-state index contributed by atoms with van der Waals surface area (Å²) in [5.74, 6) is 0.250. The molecule has 1 heteroatoms. The maximum absolute atomic E-state index is 10.8. The topological polar surface area (TPSA) is 17.1 Å². The van der Waals surface area contributed by atoms with Crippen LogP contribution in [0.4, 0.5) is 0 Å². The van der Waals surface area contributed by atoms with Gasteiger partial charge in [0.25, 0.3) is 0 Å².